The summed E-state index contributed by atoms with van der Waals surface area (Å²) in [5, 5.41) is 12.5. The Morgan fingerprint density at radius 3 is 2.54 bits per heavy atom. The van der Waals surface area contributed by atoms with Crippen LogP contribution in [0.1, 0.15) is 44.4 Å². The number of aryl methyl sites for hydroxylation is 1. The molecule has 2 aromatic heterocycles. The lowest BCUT2D eigenvalue weighted by atomic mass is 9.97. The summed E-state index contributed by atoms with van der Waals surface area (Å²) in [6.45, 7) is 7.85. The van der Waals surface area contributed by atoms with E-state index in [-0.39, 0.29) is 18.4 Å². The summed E-state index contributed by atoms with van der Waals surface area (Å²) in [5.41, 5.74) is 4.04. The van der Waals surface area contributed by atoms with Gasteiger partial charge in [-0.15, -0.1) is 5.10 Å². The molecule has 1 N–H and O–H groups in total. The fourth-order valence-corrected chi connectivity index (χ4v) is 4.66. The molecule has 2 heterocycles. The molecule has 8 nitrogen and oxygen atoms in total. The molecule has 198 valence electrons. The SMILES string of the molecule is CCC(C)(C)NC(=O)[C@@H](c1ccc2ncccc2c1)N(C(=O)Cn1nnc2ccccc21)c1ccccc1C. The van der Waals surface area contributed by atoms with Gasteiger partial charge in [-0.25, -0.2) is 4.68 Å². The molecule has 0 spiro atoms. The van der Waals surface area contributed by atoms with Crippen LogP contribution in [0.15, 0.2) is 85.1 Å². The molecule has 0 aliphatic rings. The second kappa shape index (κ2) is 10.6. The predicted molar refractivity (Wildman–Crippen MR) is 153 cm³/mol. The Morgan fingerprint density at radius 2 is 1.74 bits per heavy atom. The van der Waals surface area contributed by atoms with Crippen LogP contribution < -0.4 is 10.2 Å². The molecule has 0 fully saturated rings. The molecule has 39 heavy (non-hydrogen) atoms. The van der Waals surface area contributed by atoms with Crippen molar-refractivity contribution in [1.82, 2.24) is 25.3 Å². The van der Waals surface area contributed by atoms with Crippen LogP contribution in [0.25, 0.3) is 21.9 Å². The van der Waals surface area contributed by atoms with Crippen molar-refractivity contribution in [3.05, 3.63) is 96.2 Å². The van der Waals surface area contributed by atoms with Gasteiger partial charge in [0.05, 0.1) is 11.0 Å². The lowest BCUT2D eigenvalue weighted by Crippen LogP contribution is -2.51. The van der Waals surface area contributed by atoms with Crippen molar-refractivity contribution in [2.24, 2.45) is 0 Å². The highest BCUT2D eigenvalue weighted by atomic mass is 16.2. The van der Waals surface area contributed by atoms with Crippen LogP contribution in [-0.2, 0) is 16.1 Å². The van der Waals surface area contributed by atoms with Crippen molar-refractivity contribution in [3.8, 4) is 0 Å². The summed E-state index contributed by atoms with van der Waals surface area (Å²) >= 11 is 0. The Labute approximate surface area is 227 Å². The number of pyridine rings is 1. The van der Waals surface area contributed by atoms with Gasteiger partial charge in [-0.05, 0) is 74.7 Å². The maximum atomic E-state index is 14.3. The van der Waals surface area contributed by atoms with Crippen molar-refractivity contribution < 1.29 is 9.59 Å². The van der Waals surface area contributed by atoms with Crippen molar-refractivity contribution >= 4 is 39.4 Å². The number of anilines is 1. The lowest BCUT2D eigenvalue weighted by molar-refractivity contribution is -0.128. The number of carbonyl (C=O) groups excluding carboxylic acids is 2. The molecule has 8 heteroatoms. The molecular weight excluding hydrogens is 488 g/mol. The average molecular weight is 521 g/mol. The fourth-order valence-electron chi connectivity index (χ4n) is 4.66. The number of hydrogen-bond acceptors (Lipinski definition) is 5. The zero-order valence-corrected chi connectivity index (χ0v) is 22.6. The second-order valence-corrected chi connectivity index (χ2v) is 10.4. The quantitative estimate of drug-likeness (QED) is 0.297. The number of para-hydroxylation sites is 2. The molecule has 5 aromatic rings. The van der Waals surface area contributed by atoms with Gasteiger partial charge in [0.15, 0.2) is 0 Å². The van der Waals surface area contributed by atoms with E-state index in [9.17, 15) is 9.59 Å². The van der Waals surface area contributed by atoms with E-state index in [1.165, 1.54) is 0 Å². The molecule has 0 saturated heterocycles. The summed E-state index contributed by atoms with van der Waals surface area (Å²) < 4.78 is 1.58. The number of carbonyl (C=O) groups is 2. The van der Waals surface area contributed by atoms with Crippen LogP contribution in [0.5, 0.6) is 0 Å². The largest absolute Gasteiger partial charge is 0.349 e. The molecule has 0 radical (unpaired) electrons. The number of rotatable bonds is 8. The Kier molecular flexibility index (Phi) is 7.11. The number of nitrogens with one attached hydrogen (secondary N) is 1. The second-order valence-electron chi connectivity index (χ2n) is 10.4. The minimum absolute atomic E-state index is 0.0784. The van der Waals surface area contributed by atoms with Crippen LogP contribution in [0.4, 0.5) is 5.69 Å². The molecule has 0 aliphatic carbocycles. The molecule has 0 bridgehead atoms. The van der Waals surface area contributed by atoms with E-state index >= 15 is 0 Å². The fraction of sp³-hybridized carbons (Fsp3) is 0.258. The Bertz CT molecular complexity index is 1660. The molecule has 2 amide bonds. The molecule has 5 rings (SSSR count). The van der Waals surface area contributed by atoms with Crippen molar-refractivity contribution in [2.75, 3.05) is 4.90 Å². The topological polar surface area (TPSA) is 93.0 Å². The standard InChI is InChI=1S/C31H32N6O2/c1-5-31(3,4)33-30(39)29(23-16-17-24-22(19-23)12-10-18-32-24)37(26-14-8-6-11-21(26)2)28(38)20-36-27-15-9-7-13-25(27)34-35-36/h6-19,29H,5,20H2,1-4H3,(H,33,39)/t29-/m1/s1. The highest BCUT2D eigenvalue weighted by Crippen LogP contribution is 2.33. The average Bonchev–Trinajstić information content (AvgIpc) is 3.34. The van der Waals surface area contributed by atoms with Crippen LogP contribution >= 0.6 is 0 Å². The Balaban J connectivity index is 1.66. The first kappa shape index (κ1) is 26.0. The van der Waals surface area contributed by atoms with Gasteiger partial charge in [0.25, 0.3) is 0 Å². The van der Waals surface area contributed by atoms with E-state index < -0.39 is 11.6 Å². The highest BCUT2D eigenvalue weighted by Gasteiger charge is 2.36. The number of hydrogen-bond donors (Lipinski definition) is 1. The number of nitrogens with zero attached hydrogens (tertiary/aromatic N) is 5. The van der Waals surface area contributed by atoms with Gasteiger partial charge in [-0.1, -0.05) is 54.6 Å². The van der Waals surface area contributed by atoms with E-state index in [2.05, 4.69) is 20.6 Å². The molecule has 0 saturated carbocycles. The summed E-state index contributed by atoms with van der Waals surface area (Å²) in [6, 6.07) is 23.7. The van der Waals surface area contributed by atoms with Crippen LogP contribution in [0.2, 0.25) is 0 Å². The number of amides is 2. The highest BCUT2D eigenvalue weighted by molar-refractivity contribution is 6.02. The van der Waals surface area contributed by atoms with Crippen molar-refractivity contribution in [2.45, 2.75) is 52.2 Å². The van der Waals surface area contributed by atoms with E-state index in [1.54, 1.807) is 15.8 Å². The molecule has 3 aromatic carbocycles. The normalized spacial score (nSPS) is 12.4. The van der Waals surface area contributed by atoms with Crippen LogP contribution in [0.3, 0.4) is 0 Å². The zero-order chi connectivity index (χ0) is 27.6. The summed E-state index contributed by atoms with van der Waals surface area (Å²) in [5.74, 6) is -0.536. The summed E-state index contributed by atoms with van der Waals surface area (Å²) in [7, 11) is 0. The predicted octanol–water partition coefficient (Wildman–Crippen LogP) is 5.37. The van der Waals surface area contributed by atoms with Gasteiger partial charge < -0.3 is 5.32 Å². The molecule has 0 unspecified atom stereocenters. The summed E-state index contributed by atoms with van der Waals surface area (Å²) in [6.07, 6.45) is 2.47. The Hall–Kier alpha value is -4.59. The van der Waals surface area contributed by atoms with Gasteiger partial charge in [-0.2, -0.15) is 0 Å². The van der Waals surface area contributed by atoms with E-state index in [1.807, 2.05) is 107 Å². The zero-order valence-electron chi connectivity index (χ0n) is 22.6. The molecule has 1 atom stereocenters. The minimum atomic E-state index is -0.927. The lowest BCUT2D eigenvalue weighted by Gasteiger charge is -2.35. The maximum Gasteiger partial charge on any atom is 0.249 e. The third-order valence-corrected chi connectivity index (χ3v) is 7.14. The van der Waals surface area contributed by atoms with Crippen LogP contribution in [0, 0.1) is 6.92 Å². The molecule has 0 aliphatic heterocycles. The van der Waals surface area contributed by atoms with Gasteiger partial charge in [-0.3, -0.25) is 19.5 Å². The van der Waals surface area contributed by atoms with Crippen molar-refractivity contribution in [3.63, 3.8) is 0 Å². The first-order valence-corrected chi connectivity index (χ1v) is 13.1. The smallest absolute Gasteiger partial charge is 0.249 e. The van der Waals surface area contributed by atoms with Gasteiger partial charge in [0.1, 0.15) is 18.1 Å². The third kappa shape index (κ3) is 5.36. The minimum Gasteiger partial charge on any atom is -0.349 e. The number of aromatic nitrogens is 4. The maximum absolute atomic E-state index is 14.3. The Morgan fingerprint density at radius 1 is 0.974 bits per heavy atom. The van der Waals surface area contributed by atoms with Gasteiger partial charge in [0, 0.05) is 22.8 Å². The van der Waals surface area contributed by atoms with Crippen molar-refractivity contribution in [1.29, 1.82) is 0 Å². The van der Waals surface area contributed by atoms with Crippen LogP contribution in [-0.4, -0.2) is 37.3 Å². The van der Waals surface area contributed by atoms with Gasteiger partial charge >= 0.3 is 0 Å². The van der Waals surface area contributed by atoms with E-state index in [0.29, 0.717) is 16.8 Å². The molecular formula is C31H32N6O2. The first-order valence-electron chi connectivity index (χ1n) is 13.1. The van der Waals surface area contributed by atoms with Gasteiger partial charge in [0.2, 0.25) is 11.8 Å². The monoisotopic (exact) mass is 520 g/mol. The number of fused-ring (bicyclic) bond motifs is 2. The first-order chi connectivity index (χ1) is 18.8. The van der Waals surface area contributed by atoms with E-state index in [0.717, 1.165) is 28.4 Å². The van der Waals surface area contributed by atoms with E-state index in [4.69, 9.17) is 0 Å². The summed E-state index contributed by atoms with van der Waals surface area (Å²) in [4.78, 5) is 34.4. The third-order valence-electron chi connectivity index (χ3n) is 7.14. The number of benzene rings is 3.